The molecule has 1 heterocycles. The molecule has 1 N–H and O–H groups in total. The molecular weight excluding hydrogens is 296 g/mol. The molecule has 0 radical (unpaired) electrons. The third-order valence-corrected chi connectivity index (χ3v) is 3.58. The van der Waals surface area contributed by atoms with Crippen LogP contribution in [-0.4, -0.2) is 28.6 Å². The van der Waals surface area contributed by atoms with Crippen molar-refractivity contribution in [3.05, 3.63) is 35.5 Å². The van der Waals surface area contributed by atoms with Gasteiger partial charge in [0.2, 0.25) is 0 Å². The van der Waals surface area contributed by atoms with Crippen molar-refractivity contribution in [2.24, 2.45) is 0 Å². The lowest BCUT2D eigenvalue weighted by Crippen LogP contribution is -2.31. The van der Waals surface area contributed by atoms with Gasteiger partial charge in [0, 0.05) is 6.54 Å². The largest absolute Gasteiger partial charge is 0.491 e. The minimum absolute atomic E-state index is 0.0547. The second-order valence-corrected chi connectivity index (χ2v) is 5.92. The molecule has 1 saturated heterocycles. The van der Waals surface area contributed by atoms with Crippen molar-refractivity contribution in [2.45, 2.75) is 39.7 Å². The van der Waals surface area contributed by atoms with Crippen LogP contribution < -0.4 is 10.1 Å². The van der Waals surface area contributed by atoms with Crippen molar-refractivity contribution in [3.8, 4) is 5.75 Å². The molecule has 0 aliphatic carbocycles. The minimum atomic E-state index is -0.0547. The molecule has 0 spiro atoms. The number of hydrogen-bond donors (Lipinski definition) is 1. The highest BCUT2D eigenvalue weighted by atomic mass is 32.1. The van der Waals surface area contributed by atoms with E-state index in [4.69, 9.17) is 17.0 Å². The summed E-state index contributed by atoms with van der Waals surface area (Å²) in [6, 6.07) is 7.66. The Kier molecular flexibility index (Phi) is 5.55. The summed E-state index contributed by atoms with van der Waals surface area (Å²) in [5.74, 6) is 0.768. The molecule has 0 atom stereocenters. The Morgan fingerprint density at radius 2 is 2.00 bits per heavy atom. The van der Waals surface area contributed by atoms with Crippen LogP contribution in [0.1, 0.15) is 39.2 Å². The van der Waals surface area contributed by atoms with Gasteiger partial charge in [-0.2, -0.15) is 0 Å². The van der Waals surface area contributed by atoms with Gasteiger partial charge in [-0.05, 0) is 56.3 Å². The number of carbonyl (C=O) groups is 1. The topological polar surface area (TPSA) is 41.6 Å². The maximum Gasteiger partial charge on any atom is 0.276 e. The molecule has 2 rings (SSSR count). The van der Waals surface area contributed by atoms with E-state index in [-0.39, 0.29) is 12.0 Å². The van der Waals surface area contributed by atoms with Gasteiger partial charge in [0.15, 0.2) is 5.11 Å². The number of unbranched alkanes of at least 4 members (excludes halogenated alkanes) is 1. The second-order valence-electron chi connectivity index (χ2n) is 5.53. The third-order valence-electron chi connectivity index (χ3n) is 3.26. The fraction of sp³-hybridized carbons (Fsp3) is 0.412. The van der Waals surface area contributed by atoms with E-state index in [0.29, 0.717) is 17.4 Å². The van der Waals surface area contributed by atoms with Gasteiger partial charge in [0.25, 0.3) is 5.91 Å². The van der Waals surface area contributed by atoms with Gasteiger partial charge in [0.05, 0.1) is 6.10 Å². The van der Waals surface area contributed by atoms with Crippen LogP contribution in [0.3, 0.4) is 0 Å². The van der Waals surface area contributed by atoms with Crippen molar-refractivity contribution >= 4 is 29.3 Å². The lowest BCUT2D eigenvalue weighted by molar-refractivity contribution is -0.122. The van der Waals surface area contributed by atoms with Crippen LogP contribution in [0.5, 0.6) is 5.75 Å². The van der Waals surface area contributed by atoms with E-state index in [1.807, 2.05) is 44.2 Å². The highest BCUT2D eigenvalue weighted by molar-refractivity contribution is 7.80. The van der Waals surface area contributed by atoms with Crippen LogP contribution in [0.4, 0.5) is 0 Å². The summed E-state index contributed by atoms with van der Waals surface area (Å²) in [4.78, 5) is 13.9. The standard InChI is InChI=1S/C17H22N2O2S/c1-4-5-10-19-16(20)15(18-17(19)22)11-13-6-8-14(9-7-13)21-12(2)3/h6-9,11-12H,4-5,10H2,1-3H3,(H,18,22)/b15-11+. The van der Waals surface area contributed by atoms with E-state index in [1.54, 1.807) is 4.90 Å². The average Bonchev–Trinajstić information content (AvgIpc) is 2.73. The maximum absolute atomic E-state index is 12.3. The summed E-state index contributed by atoms with van der Waals surface area (Å²) < 4.78 is 5.61. The zero-order valence-corrected chi connectivity index (χ0v) is 14.1. The summed E-state index contributed by atoms with van der Waals surface area (Å²) in [5, 5.41) is 3.49. The zero-order chi connectivity index (χ0) is 16.1. The molecule has 1 aliphatic rings. The zero-order valence-electron chi connectivity index (χ0n) is 13.3. The SMILES string of the molecule is CCCCN1C(=O)/C(=C\c2ccc(OC(C)C)cc2)NC1=S. The number of thiocarbonyl (C=S) groups is 1. The van der Waals surface area contributed by atoms with Crippen molar-refractivity contribution < 1.29 is 9.53 Å². The van der Waals surface area contributed by atoms with Gasteiger partial charge in [-0.3, -0.25) is 9.69 Å². The van der Waals surface area contributed by atoms with Gasteiger partial charge in [-0.1, -0.05) is 25.5 Å². The summed E-state index contributed by atoms with van der Waals surface area (Å²) >= 11 is 5.23. The summed E-state index contributed by atoms with van der Waals surface area (Å²) in [6.45, 7) is 6.74. The van der Waals surface area contributed by atoms with Crippen LogP contribution >= 0.6 is 12.2 Å². The summed E-state index contributed by atoms with van der Waals surface area (Å²) in [7, 11) is 0. The number of carbonyl (C=O) groups excluding carboxylic acids is 1. The molecule has 0 aromatic heterocycles. The third kappa shape index (κ3) is 4.07. The summed E-state index contributed by atoms with van der Waals surface area (Å²) in [5.41, 5.74) is 1.46. The number of rotatable bonds is 6. The van der Waals surface area contributed by atoms with Crippen molar-refractivity contribution in [1.29, 1.82) is 0 Å². The first-order valence-corrected chi connectivity index (χ1v) is 8.03. The predicted molar refractivity (Wildman–Crippen MR) is 92.5 cm³/mol. The fourth-order valence-electron chi connectivity index (χ4n) is 2.17. The Morgan fingerprint density at radius 3 is 2.59 bits per heavy atom. The summed E-state index contributed by atoms with van der Waals surface area (Å²) in [6.07, 6.45) is 3.94. The van der Waals surface area contributed by atoms with Crippen molar-refractivity contribution in [1.82, 2.24) is 10.2 Å². The van der Waals surface area contributed by atoms with E-state index in [0.717, 1.165) is 24.2 Å². The Hall–Kier alpha value is -1.88. The van der Waals surface area contributed by atoms with Gasteiger partial charge in [-0.25, -0.2) is 0 Å². The maximum atomic E-state index is 12.3. The Bertz CT molecular complexity index is 579. The second kappa shape index (κ2) is 7.40. The molecule has 1 aromatic carbocycles. The van der Waals surface area contributed by atoms with Crippen LogP contribution in [0.2, 0.25) is 0 Å². The van der Waals surface area contributed by atoms with E-state index < -0.39 is 0 Å². The van der Waals surface area contributed by atoms with Crippen LogP contribution in [0.25, 0.3) is 6.08 Å². The number of amides is 1. The van der Waals surface area contributed by atoms with Crippen LogP contribution in [-0.2, 0) is 4.79 Å². The molecule has 118 valence electrons. The Morgan fingerprint density at radius 1 is 1.32 bits per heavy atom. The Labute approximate surface area is 137 Å². The number of benzene rings is 1. The van der Waals surface area contributed by atoms with Crippen LogP contribution in [0.15, 0.2) is 30.0 Å². The lowest BCUT2D eigenvalue weighted by Gasteiger charge is -2.12. The van der Waals surface area contributed by atoms with Gasteiger partial charge in [-0.15, -0.1) is 0 Å². The molecule has 0 bridgehead atoms. The van der Waals surface area contributed by atoms with E-state index in [2.05, 4.69) is 12.2 Å². The normalized spacial score (nSPS) is 16.5. The highest BCUT2D eigenvalue weighted by Gasteiger charge is 2.29. The first-order valence-electron chi connectivity index (χ1n) is 7.62. The first-order chi connectivity index (χ1) is 10.5. The van der Waals surface area contributed by atoms with E-state index in [9.17, 15) is 4.79 Å². The van der Waals surface area contributed by atoms with E-state index >= 15 is 0 Å². The highest BCUT2D eigenvalue weighted by Crippen LogP contribution is 2.18. The smallest absolute Gasteiger partial charge is 0.276 e. The molecule has 0 saturated carbocycles. The molecular formula is C17H22N2O2S. The van der Waals surface area contributed by atoms with Crippen molar-refractivity contribution in [2.75, 3.05) is 6.54 Å². The van der Waals surface area contributed by atoms with E-state index in [1.165, 1.54) is 0 Å². The lowest BCUT2D eigenvalue weighted by atomic mass is 10.2. The first kappa shape index (κ1) is 16.5. The number of nitrogens with one attached hydrogen (secondary N) is 1. The molecule has 0 unspecified atom stereocenters. The quantitative estimate of drug-likeness (QED) is 0.645. The number of hydrogen-bond acceptors (Lipinski definition) is 3. The number of nitrogens with zero attached hydrogens (tertiary/aromatic N) is 1. The molecule has 1 fully saturated rings. The molecule has 4 nitrogen and oxygen atoms in total. The molecule has 22 heavy (non-hydrogen) atoms. The monoisotopic (exact) mass is 318 g/mol. The predicted octanol–water partition coefficient (Wildman–Crippen LogP) is 3.33. The van der Waals surface area contributed by atoms with Gasteiger partial charge >= 0.3 is 0 Å². The van der Waals surface area contributed by atoms with Gasteiger partial charge in [0.1, 0.15) is 11.4 Å². The number of ether oxygens (including phenoxy) is 1. The molecule has 1 aliphatic heterocycles. The molecule has 5 heteroatoms. The molecule has 1 aromatic rings. The molecule has 1 amide bonds. The van der Waals surface area contributed by atoms with Crippen molar-refractivity contribution in [3.63, 3.8) is 0 Å². The fourth-order valence-corrected chi connectivity index (χ4v) is 2.46. The minimum Gasteiger partial charge on any atom is -0.491 e. The van der Waals surface area contributed by atoms with Gasteiger partial charge < -0.3 is 10.1 Å². The van der Waals surface area contributed by atoms with Crippen LogP contribution in [0, 0.1) is 0 Å². The average molecular weight is 318 g/mol. The Balaban J connectivity index is 2.09.